The van der Waals surface area contributed by atoms with Crippen molar-refractivity contribution >= 4 is 0 Å². The molecule has 1 aromatic carbocycles. The average molecular weight is 144 g/mol. The van der Waals surface area contributed by atoms with Crippen LogP contribution in [-0.2, 0) is 0 Å². The van der Waals surface area contributed by atoms with Gasteiger partial charge in [0.25, 0.3) is 0 Å². The number of aromatic nitrogens is 1. The smallest absolute Gasteiger partial charge is 0.181 e. The van der Waals surface area contributed by atoms with E-state index in [4.69, 9.17) is 4.42 Å². The second-order valence-corrected chi connectivity index (χ2v) is 2.14. The summed E-state index contributed by atoms with van der Waals surface area (Å²) in [5.41, 5.74) is 0.935. The summed E-state index contributed by atoms with van der Waals surface area (Å²) in [7, 11) is 0. The minimum absolute atomic E-state index is 0.755. The molecule has 0 bridgehead atoms. The lowest BCUT2D eigenvalue weighted by atomic mass is 10.2. The van der Waals surface area contributed by atoms with Crippen LogP contribution in [0, 0.1) is 6.07 Å². The summed E-state index contributed by atoms with van der Waals surface area (Å²) in [5.74, 6) is 0.755. The molecule has 11 heavy (non-hydrogen) atoms. The fourth-order valence-corrected chi connectivity index (χ4v) is 0.895. The van der Waals surface area contributed by atoms with Gasteiger partial charge in [0.2, 0.25) is 0 Å². The zero-order valence-corrected chi connectivity index (χ0v) is 5.82. The maximum atomic E-state index is 5.08. The summed E-state index contributed by atoms with van der Waals surface area (Å²) in [6.45, 7) is 0. The Morgan fingerprint density at radius 3 is 3.00 bits per heavy atom. The van der Waals surface area contributed by atoms with Gasteiger partial charge in [0.1, 0.15) is 0 Å². The van der Waals surface area contributed by atoms with E-state index in [1.165, 1.54) is 6.39 Å². The van der Waals surface area contributed by atoms with Gasteiger partial charge in [-0.25, -0.2) is 4.98 Å². The van der Waals surface area contributed by atoms with Gasteiger partial charge in [-0.15, -0.1) is 0 Å². The lowest BCUT2D eigenvalue weighted by Crippen LogP contribution is -1.70. The molecule has 2 heteroatoms. The number of hydrogen-bond donors (Lipinski definition) is 0. The average Bonchev–Trinajstić information content (AvgIpc) is 2.58. The Labute approximate surface area is 64.5 Å². The van der Waals surface area contributed by atoms with E-state index >= 15 is 0 Å². The van der Waals surface area contributed by atoms with Gasteiger partial charge in [-0.2, -0.15) is 0 Å². The Bertz CT molecular complexity index is 313. The number of oxazole rings is 1. The highest BCUT2D eigenvalue weighted by atomic mass is 16.3. The minimum atomic E-state index is 0.755. The SMILES string of the molecule is [c]1ccccc1-c1cnco1. The molecule has 0 aliphatic heterocycles. The molecule has 0 amide bonds. The van der Waals surface area contributed by atoms with E-state index in [1.54, 1.807) is 6.20 Å². The third-order valence-corrected chi connectivity index (χ3v) is 1.41. The first-order valence-electron chi connectivity index (χ1n) is 3.32. The van der Waals surface area contributed by atoms with Crippen LogP contribution < -0.4 is 0 Å². The molecule has 0 aliphatic carbocycles. The van der Waals surface area contributed by atoms with Crippen molar-refractivity contribution in [3.63, 3.8) is 0 Å². The van der Waals surface area contributed by atoms with Crippen LogP contribution in [0.25, 0.3) is 11.3 Å². The molecule has 0 N–H and O–H groups in total. The Morgan fingerprint density at radius 1 is 1.36 bits per heavy atom. The summed E-state index contributed by atoms with van der Waals surface area (Å²) in [6.07, 6.45) is 3.09. The standard InChI is InChI=1S/C9H6NO/c1-2-4-8(5-3-1)9-6-10-7-11-9/h1-4,6-7H. The summed E-state index contributed by atoms with van der Waals surface area (Å²) >= 11 is 0. The van der Waals surface area contributed by atoms with Crippen molar-refractivity contribution in [2.75, 3.05) is 0 Å². The normalized spacial score (nSPS) is 9.82. The number of nitrogens with zero attached hydrogens (tertiary/aromatic N) is 1. The third kappa shape index (κ3) is 1.15. The molecule has 2 nitrogen and oxygen atoms in total. The molecule has 0 unspecified atom stereocenters. The van der Waals surface area contributed by atoms with Crippen LogP contribution >= 0.6 is 0 Å². The zero-order valence-electron chi connectivity index (χ0n) is 5.82. The molecule has 53 valence electrons. The lowest BCUT2D eigenvalue weighted by Gasteiger charge is -1.90. The molecular weight excluding hydrogens is 138 g/mol. The van der Waals surface area contributed by atoms with Gasteiger partial charge in [-0.05, 0) is 6.07 Å². The van der Waals surface area contributed by atoms with Gasteiger partial charge in [0.15, 0.2) is 12.2 Å². The molecule has 0 spiro atoms. The molecular formula is C9H6NO. The maximum Gasteiger partial charge on any atom is 0.181 e. The maximum absolute atomic E-state index is 5.08. The molecule has 1 heterocycles. The minimum Gasteiger partial charge on any atom is -0.443 e. The van der Waals surface area contributed by atoms with Gasteiger partial charge >= 0.3 is 0 Å². The van der Waals surface area contributed by atoms with Gasteiger partial charge in [-0.1, -0.05) is 24.3 Å². The predicted molar refractivity (Wildman–Crippen MR) is 40.8 cm³/mol. The van der Waals surface area contributed by atoms with E-state index < -0.39 is 0 Å². The summed E-state index contributed by atoms with van der Waals surface area (Å²) in [4.78, 5) is 3.81. The van der Waals surface area contributed by atoms with Gasteiger partial charge in [0.05, 0.1) is 6.20 Å². The number of benzene rings is 1. The first kappa shape index (κ1) is 6.16. The molecule has 0 saturated carbocycles. The first-order chi connectivity index (χ1) is 5.47. The van der Waals surface area contributed by atoms with Gasteiger partial charge in [-0.3, -0.25) is 0 Å². The van der Waals surface area contributed by atoms with E-state index in [1.807, 2.05) is 24.3 Å². The van der Waals surface area contributed by atoms with Crippen LogP contribution in [0.3, 0.4) is 0 Å². The van der Waals surface area contributed by atoms with E-state index in [9.17, 15) is 0 Å². The fourth-order valence-electron chi connectivity index (χ4n) is 0.895. The van der Waals surface area contributed by atoms with Crippen molar-refractivity contribution in [1.82, 2.24) is 4.98 Å². The van der Waals surface area contributed by atoms with Gasteiger partial charge in [0, 0.05) is 5.56 Å². The summed E-state index contributed by atoms with van der Waals surface area (Å²) in [5, 5.41) is 0. The van der Waals surface area contributed by atoms with E-state index in [0.717, 1.165) is 11.3 Å². The topological polar surface area (TPSA) is 26.0 Å². The molecule has 1 radical (unpaired) electrons. The molecule has 0 aliphatic rings. The number of hydrogen-bond acceptors (Lipinski definition) is 2. The van der Waals surface area contributed by atoms with Crippen molar-refractivity contribution in [2.45, 2.75) is 0 Å². The van der Waals surface area contributed by atoms with Crippen molar-refractivity contribution < 1.29 is 4.42 Å². The lowest BCUT2D eigenvalue weighted by molar-refractivity contribution is 0.572. The Kier molecular flexibility index (Phi) is 1.44. The highest BCUT2D eigenvalue weighted by Gasteiger charge is 1.97. The Balaban J connectivity index is 2.46. The molecule has 0 saturated heterocycles. The monoisotopic (exact) mass is 144 g/mol. The zero-order chi connectivity index (χ0) is 7.52. The number of rotatable bonds is 1. The first-order valence-corrected chi connectivity index (χ1v) is 3.32. The molecule has 1 aromatic heterocycles. The van der Waals surface area contributed by atoms with Crippen LogP contribution in [0.4, 0.5) is 0 Å². The van der Waals surface area contributed by atoms with Crippen molar-refractivity contribution in [2.24, 2.45) is 0 Å². The largest absolute Gasteiger partial charge is 0.443 e. The van der Waals surface area contributed by atoms with Crippen LogP contribution in [-0.4, -0.2) is 4.98 Å². The van der Waals surface area contributed by atoms with Crippen LogP contribution in [0.2, 0.25) is 0 Å². The Morgan fingerprint density at radius 2 is 2.36 bits per heavy atom. The molecule has 2 rings (SSSR count). The van der Waals surface area contributed by atoms with Crippen LogP contribution in [0.5, 0.6) is 0 Å². The summed E-state index contributed by atoms with van der Waals surface area (Å²) < 4.78 is 5.08. The highest BCUT2D eigenvalue weighted by Crippen LogP contribution is 2.15. The van der Waals surface area contributed by atoms with Crippen LogP contribution in [0.15, 0.2) is 41.3 Å². The van der Waals surface area contributed by atoms with E-state index in [-0.39, 0.29) is 0 Å². The van der Waals surface area contributed by atoms with Gasteiger partial charge < -0.3 is 4.42 Å². The van der Waals surface area contributed by atoms with Crippen molar-refractivity contribution in [1.29, 1.82) is 0 Å². The van der Waals surface area contributed by atoms with Crippen LogP contribution in [0.1, 0.15) is 0 Å². The highest BCUT2D eigenvalue weighted by molar-refractivity contribution is 5.54. The quantitative estimate of drug-likeness (QED) is 0.612. The molecule has 0 fully saturated rings. The predicted octanol–water partition coefficient (Wildman–Crippen LogP) is 2.14. The second kappa shape index (κ2) is 2.58. The Hall–Kier alpha value is -1.57. The second-order valence-electron chi connectivity index (χ2n) is 2.14. The van der Waals surface area contributed by atoms with Crippen molar-refractivity contribution in [3.8, 4) is 11.3 Å². The fraction of sp³-hybridized carbons (Fsp3) is 0. The van der Waals surface area contributed by atoms with E-state index in [0.29, 0.717) is 0 Å². The van der Waals surface area contributed by atoms with Crippen molar-refractivity contribution in [3.05, 3.63) is 42.9 Å². The van der Waals surface area contributed by atoms with E-state index in [2.05, 4.69) is 11.1 Å². The molecule has 2 aromatic rings. The summed E-state index contributed by atoms with van der Waals surface area (Å²) in [6, 6.07) is 10.7. The molecule has 0 atom stereocenters. The third-order valence-electron chi connectivity index (χ3n) is 1.41.